The van der Waals surface area contributed by atoms with E-state index in [0.29, 0.717) is 12.5 Å². The van der Waals surface area contributed by atoms with Crippen molar-refractivity contribution in [1.29, 1.82) is 0 Å². The molecule has 3 rings (SSSR count). The molecule has 0 radical (unpaired) electrons. The molecule has 1 saturated heterocycles. The molecule has 2 heterocycles. The number of aromatic nitrogens is 1. The highest BCUT2D eigenvalue weighted by Crippen LogP contribution is 2.31. The molecule has 1 fully saturated rings. The zero-order chi connectivity index (χ0) is 17.9. The first-order valence-electron chi connectivity index (χ1n) is 9.15. The quantitative estimate of drug-likeness (QED) is 0.845. The Morgan fingerprint density at radius 2 is 1.96 bits per heavy atom. The third-order valence-electron chi connectivity index (χ3n) is 5.56. The third-order valence-corrected chi connectivity index (χ3v) is 5.56. The fourth-order valence-electron chi connectivity index (χ4n) is 3.98. The van der Waals surface area contributed by atoms with E-state index in [1.165, 1.54) is 0 Å². The van der Waals surface area contributed by atoms with E-state index in [1.807, 2.05) is 44.3 Å². The van der Waals surface area contributed by atoms with Gasteiger partial charge in [0, 0.05) is 24.0 Å². The second kappa shape index (κ2) is 7.36. The number of benzene rings is 1. The zero-order valence-electron chi connectivity index (χ0n) is 15.5. The number of likely N-dealkylation sites (N-methyl/N-ethyl adjacent to an activating group) is 1. The van der Waals surface area contributed by atoms with Gasteiger partial charge in [0.1, 0.15) is 0 Å². The minimum Gasteiger partial charge on any atom is -0.321 e. The number of likely N-dealkylation sites (tertiary alicyclic amines) is 1. The van der Waals surface area contributed by atoms with Crippen LogP contribution in [-0.4, -0.2) is 41.6 Å². The lowest BCUT2D eigenvalue weighted by atomic mass is 10.0. The number of carbonyl (C=O) groups is 1. The number of anilines is 1. The summed E-state index contributed by atoms with van der Waals surface area (Å²) in [6.07, 6.45) is 2.96. The van der Waals surface area contributed by atoms with Crippen molar-refractivity contribution in [2.45, 2.75) is 33.1 Å². The first-order valence-corrected chi connectivity index (χ1v) is 9.15. The van der Waals surface area contributed by atoms with E-state index in [1.54, 1.807) is 0 Å². The van der Waals surface area contributed by atoms with Crippen LogP contribution < -0.4 is 5.32 Å². The summed E-state index contributed by atoms with van der Waals surface area (Å²) in [4.78, 5) is 17.3. The van der Waals surface area contributed by atoms with Crippen LogP contribution in [0.25, 0.3) is 0 Å². The number of rotatable bonds is 5. The first kappa shape index (κ1) is 17.6. The largest absolute Gasteiger partial charge is 0.321 e. The van der Waals surface area contributed by atoms with Crippen molar-refractivity contribution in [2.24, 2.45) is 0 Å². The molecule has 2 atom stereocenters. The predicted molar refractivity (Wildman–Crippen MR) is 102 cm³/mol. The summed E-state index contributed by atoms with van der Waals surface area (Å²) in [6, 6.07) is 12.2. The Kier molecular flexibility index (Phi) is 5.19. The summed E-state index contributed by atoms with van der Waals surface area (Å²) >= 11 is 0. The molecule has 132 valence electrons. The number of hydrogen-bond acceptors (Lipinski definition) is 2. The number of pyridine rings is 1. The molecule has 2 aromatic rings. The molecule has 0 bridgehead atoms. The fourth-order valence-corrected chi connectivity index (χ4v) is 3.98. The second-order valence-electron chi connectivity index (χ2n) is 7.28. The average Bonchev–Trinajstić information content (AvgIpc) is 3.04. The summed E-state index contributed by atoms with van der Waals surface area (Å²) < 4.78 is 0.845. The van der Waals surface area contributed by atoms with Crippen LogP contribution in [0, 0.1) is 13.8 Å². The predicted octanol–water partition coefficient (Wildman–Crippen LogP) is 3.66. The van der Waals surface area contributed by atoms with Gasteiger partial charge in [-0.2, -0.15) is 0 Å². The number of aryl methyl sites for hydroxylation is 2. The maximum Gasteiger partial charge on any atom is 0.279 e. The van der Waals surface area contributed by atoms with E-state index >= 15 is 0 Å². The van der Waals surface area contributed by atoms with E-state index in [4.69, 9.17) is 0 Å². The van der Waals surface area contributed by atoms with Crippen molar-refractivity contribution in [3.63, 3.8) is 0 Å². The van der Waals surface area contributed by atoms with Crippen molar-refractivity contribution >= 4 is 11.6 Å². The third kappa shape index (κ3) is 3.90. The first-order chi connectivity index (χ1) is 12.0. The summed E-state index contributed by atoms with van der Waals surface area (Å²) in [5, 5.41) is 3.15. The molecule has 1 aliphatic heterocycles. The van der Waals surface area contributed by atoms with Crippen molar-refractivity contribution in [3.05, 3.63) is 59.4 Å². The monoisotopic (exact) mass is 338 g/mol. The summed E-state index contributed by atoms with van der Waals surface area (Å²) in [7, 11) is 0. The second-order valence-corrected chi connectivity index (χ2v) is 7.28. The highest BCUT2D eigenvalue weighted by atomic mass is 16.2. The Morgan fingerprint density at radius 1 is 1.20 bits per heavy atom. The highest BCUT2D eigenvalue weighted by Gasteiger charge is 2.39. The van der Waals surface area contributed by atoms with Gasteiger partial charge in [0.15, 0.2) is 6.54 Å². The average molecular weight is 338 g/mol. The minimum atomic E-state index is 0.112. The van der Waals surface area contributed by atoms with Gasteiger partial charge in [-0.1, -0.05) is 24.3 Å². The molecule has 1 aliphatic rings. The van der Waals surface area contributed by atoms with Crippen LogP contribution in [0.3, 0.4) is 0 Å². The Hall–Kier alpha value is -2.20. The lowest BCUT2D eigenvalue weighted by molar-refractivity contribution is -0.907. The number of carbonyl (C=O) groups excluding carboxylic acids is 1. The molecule has 25 heavy (non-hydrogen) atoms. The SMILES string of the molecule is CC[N+]1(CC(=O)Nc2c(C)cccc2C)CCC(c2ccccn2)C1. The lowest BCUT2D eigenvalue weighted by Gasteiger charge is -2.33. The maximum absolute atomic E-state index is 12.7. The van der Waals surface area contributed by atoms with E-state index in [9.17, 15) is 4.79 Å². The molecule has 1 aromatic heterocycles. The van der Waals surface area contributed by atoms with Gasteiger partial charge in [-0.05, 0) is 44.0 Å². The van der Waals surface area contributed by atoms with Gasteiger partial charge < -0.3 is 9.80 Å². The zero-order valence-corrected chi connectivity index (χ0v) is 15.5. The minimum absolute atomic E-state index is 0.112. The van der Waals surface area contributed by atoms with Gasteiger partial charge in [0.05, 0.1) is 25.6 Å². The van der Waals surface area contributed by atoms with Gasteiger partial charge >= 0.3 is 0 Å². The summed E-state index contributed by atoms with van der Waals surface area (Å²) in [5.74, 6) is 0.565. The van der Waals surface area contributed by atoms with E-state index < -0.39 is 0 Å². The van der Waals surface area contributed by atoms with Gasteiger partial charge in [-0.15, -0.1) is 0 Å². The Bertz CT molecular complexity index is 724. The molecular formula is C21H28N3O+. The topological polar surface area (TPSA) is 42.0 Å². The molecule has 0 saturated carbocycles. The van der Waals surface area contributed by atoms with E-state index in [2.05, 4.69) is 29.4 Å². The van der Waals surface area contributed by atoms with Crippen molar-refractivity contribution in [2.75, 3.05) is 31.5 Å². The van der Waals surface area contributed by atoms with E-state index in [-0.39, 0.29) is 5.91 Å². The van der Waals surface area contributed by atoms with Crippen LogP contribution in [0.1, 0.15) is 36.1 Å². The smallest absolute Gasteiger partial charge is 0.279 e. The summed E-state index contributed by atoms with van der Waals surface area (Å²) in [5.41, 5.74) is 4.35. The molecule has 4 nitrogen and oxygen atoms in total. The van der Waals surface area contributed by atoms with Crippen LogP contribution in [-0.2, 0) is 4.79 Å². The Morgan fingerprint density at radius 3 is 2.60 bits per heavy atom. The van der Waals surface area contributed by atoms with Crippen molar-refractivity contribution < 1.29 is 9.28 Å². The fraction of sp³-hybridized carbons (Fsp3) is 0.429. The molecule has 4 heteroatoms. The number of para-hydroxylation sites is 1. The number of nitrogens with zero attached hydrogens (tertiary/aromatic N) is 2. The van der Waals surface area contributed by atoms with Crippen LogP contribution >= 0.6 is 0 Å². The number of quaternary nitrogens is 1. The van der Waals surface area contributed by atoms with Crippen LogP contribution in [0.4, 0.5) is 5.69 Å². The van der Waals surface area contributed by atoms with Crippen LogP contribution in [0.15, 0.2) is 42.6 Å². The maximum atomic E-state index is 12.7. The van der Waals surface area contributed by atoms with Crippen LogP contribution in [0.2, 0.25) is 0 Å². The normalized spacial score (nSPS) is 22.8. The molecule has 2 unspecified atom stereocenters. The van der Waals surface area contributed by atoms with E-state index in [0.717, 1.165) is 53.0 Å². The molecular weight excluding hydrogens is 310 g/mol. The molecule has 1 aromatic carbocycles. The van der Waals surface area contributed by atoms with Gasteiger partial charge in [0.2, 0.25) is 0 Å². The summed E-state index contributed by atoms with van der Waals surface area (Å²) in [6.45, 7) is 9.81. The van der Waals surface area contributed by atoms with Gasteiger partial charge in [-0.3, -0.25) is 9.78 Å². The van der Waals surface area contributed by atoms with Crippen LogP contribution in [0.5, 0.6) is 0 Å². The molecule has 0 aliphatic carbocycles. The standard InChI is InChI=1S/C21H27N3O/c1-4-24(13-11-18(14-24)19-10-5-6-12-22-19)15-20(25)23-21-16(2)8-7-9-17(21)3/h5-10,12,18H,4,11,13-15H2,1-3H3/p+1. The molecule has 1 amide bonds. The Labute approximate surface area is 150 Å². The molecule has 0 spiro atoms. The molecule has 1 N–H and O–H groups in total. The number of amides is 1. The Balaban J connectivity index is 1.69. The van der Waals surface area contributed by atoms with Gasteiger partial charge in [-0.25, -0.2) is 0 Å². The van der Waals surface area contributed by atoms with Crippen molar-refractivity contribution in [3.8, 4) is 0 Å². The van der Waals surface area contributed by atoms with Gasteiger partial charge in [0.25, 0.3) is 5.91 Å². The van der Waals surface area contributed by atoms with Crippen molar-refractivity contribution in [1.82, 2.24) is 4.98 Å². The number of hydrogen-bond donors (Lipinski definition) is 1. The number of nitrogens with one attached hydrogen (secondary N) is 1. The lowest BCUT2D eigenvalue weighted by Crippen LogP contribution is -2.50. The highest BCUT2D eigenvalue weighted by molar-refractivity contribution is 5.93.